The van der Waals surface area contributed by atoms with Gasteiger partial charge < -0.3 is 0 Å². The number of rotatable bonds is 3. The summed E-state index contributed by atoms with van der Waals surface area (Å²) in [5, 5.41) is 4.46. The minimum Gasteiger partial charge on any atom is -0.294 e. The Bertz CT molecular complexity index is 1070. The monoisotopic (exact) mass is 390 g/mol. The zero-order chi connectivity index (χ0) is 18.5. The van der Waals surface area contributed by atoms with Crippen molar-refractivity contribution in [3.05, 3.63) is 52.3 Å². The first kappa shape index (κ1) is 17.2. The van der Waals surface area contributed by atoms with Crippen molar-refractivity contribution in [1.29, 1.82) is 0 Å². The van der Waals surface area contributed by atoms with Crippen LogP contribution in [-0.4, -0.2) is 35.5 Å². The van der Waals surface area contributed by atoms with E-state index in [4.69, 9.17) is 11.6 Å². The van der Waals surface area contributed by atoms with Crippen LogP contribution in [0.15, 0.2) is 41.1 Å². The highest BCUT2D eigenvalue weighted by Gasteiger charge is 2.36. The zero-order valence-corrected chi connectivity index (χ0v) is 15.3. The quantitative estimate of drug-likeness (QED) is 0.594. The van der Waals surface area contributed by atoms with Gasteiger partial charge in [-0.05, 0) is 43.0 Å². The lowest BCUT2D eigenvalue weighted by Crippen LogP contribution is -2.23. The number of aromatic nitrogens is 2. The number of ketones is 2. The molecule has 26 heavy (non-hydrogen) atoms. The SMILES string of the molecule is O=C1CCCC(n2cccn2)=C1C(=O)c1ccc(Cl)c2c1S(=O)(=O)CC2. The number of nitrogens with zero attached hydrogens (tertiary/aromatic N) is 2. The van der Waals surface area contributed by atoms with E-state index < -0.39 is 15.6 Å². The number of allylic oxidation sites excluding steroid dienone is 2. The van der Waals surface area contributed by atoms with Crippen molar-refractivity contribution in [1.82, 2.24) is 9.78 Å². The predicted molar refractivity (Wildman–Crippen MR) is 95.8 cm³/mol. The van der Waals surface area contributed by atoms with Crippen LogP contribution in [0.4, 0.5) is 0 Å². The number of hydrogen-bond acceptors (Lipinski definition) is 5. The average Bonchev–Trinajstić information content (AvgIpc) is 3.23. The molecule has 1 aromatic carbocycles. The van der Waals surface area contributed by atoms with Crippen molar-refractivity contribution in [3.63, 3.8) is 0 Å². The van der Waals surface area contributed by atoms with Crippen molar-refractivity contribution < 1.29 is 18.0 Å². The third kappa shape index (κ3) is 2.62. The van der Waals surface area contributed by atoms with E-state index >= 15 is 0 Å². The van der Waals surface area contributed by atoms with E-state index in [-0.39, 0.29) is 40.4 Å². The number of sulfone groups is 1. The molecule has 0 bridgehead atoms. The van der Waals surface area contributed by atoms with Gasteiger partial charge in [-0.1, -0.05) is 11.6 Å². The Morgan fingerprint density at radius 1 is 1.19 bits per heavy atom. The highest BCUT2D eigenvalue weighted by molar-refractivity contribution is 7.91. The number of carbonyl (C=O) groups is 2. The van der Waals surface area contributed by atoms with Crippen molar-refractivity contribution in [2.24, 2.45) is 0 Å². The first-order valence-corrected chi connectivity index (χ1v) is 10.3. The number of hydrogen-bond donors (Lipinski definition) is 0. The highest BCUT2D eigenvalue weighted by Crippen LogP contribution is 2.37. The summed E-state index contributed by atoms with van der Waals surface area (Å²) in [6, 6.07) is 4.64. The minimum absolute atomic E-state index is 0.0200. The molecule has 0 N–H and O–H groups in total. The Balaban J connectivity index is 1.94. The lowest BCUT2D eigenvalue weighted by molar-refractivity contribution is -0.115. The molecule has 0 spiro atoms. The molecule has 134 valence electrons. The van der Waals surface area contributed by atoms with Gasteiger partial charge in [0.2, 0.25) is 0 Å². The van der Waals surface area contributed by atoms with Gasteiger partial charge in [0.15, 0.2) is 21.4 Å². The average molecular weight is 391 g/mol. The summed E-state index contributed by atoms with van der Waals surface area (Å²) < 4.78 is 26.5. The summed E-state index contributed by atoms with van der Waals surface area (Å²) in [7, 11) is -3.59. The van der Waals surface area contributed by atoms with E-state index in [1.54, 1.807) is 18.5 Å². The van der Waals surface area contributed by atoms with Crippen LogP contribution < -0.4 is 0 Å². The summed E-state index contributed by atoms with van der Waals surface area (Å²) >= 11 is 6.13. The molecule has 0 atom stereocenters. The van der Waals surface area contributed by atoms with Crippen LogP contribution in [0.5, 0.6) is 0 Å². The van der Waals surface area contributed by atoms with Gasteiger partial charge in [-0.25, -0.2) is 13.1 Å². The standard InChI is InChI=1S/C18H15ClN2O4S/c19-13-6-5-12(18-11(13)7-10-26(18,24)25)17(23)16-14(3-1-4-15(16)22)21-9-2-8-20-21/h2,5-6,8-9H,1,3-4,7,10H2. The normalized spacial score (nSPS) is 18.9. The second-order valence-electron chi connectivity index (χ2n) is 6.35. The predicted octanol–water partition coefficient (Wildman–Crippen LogP) is 2.71. The molecule has 2 aliphatic rings. The Labute approximate surface area is 155 Å². The van der Waals surface area contributed by atoms with E-state index in [0.717, 1.165) is 0 Å². The molecular formula is C18H15ClN2O4S. The van der Waals surface area contributed by atoms with E-state index in [2.05, 4.69) is 5.10 Å². The van der Waals surface area contributed by atoms with Gasteiger partial charge in [-0.15, -0.1) is 0 Å². The summed E-state index contributed by atoms with van der Waals surface area (Å²) in [6.45, 7) is 0. The molecule has 0 unspecified atom stereocenters. The maximum Gasteiger partial charge on any atom is 0.199 e. The summed E-state index contributed by atoms with van der Waals surface area (Å²) in [5.41, 5.74) is 1.01. The maximum absolute atomic E-state index is 13.2. The Kier molecular flexibility index (Phi) is 4.08. The van der Waals surface area contributed by atoms with Crippen LogP contribution in [0.3, 0.4) is 0 Å². The summed E-state index contributed by atoms with van der Waals surface area (Å²) in [6.07, 6.45) is 4.92. The third-order valence-electron chi connectivity index (χ3n) is 4.77. The van der Waals surface area contributed by atoms with Gasteiger partial charge in [0.1, 0.15) is 0 Å². The number of carbonyl (C=O) groups excluding carboxylic acids is 2. The fourth-order valence-electron chi connectivity index (χ4n) is 3.59. The van der Waals surface area contributed by atoms with Gasteiger partial charge in [0.25, 0.3) is 0 Å². The topological polar surface area (TPSA) is 86.1 Å². The number of Topliss-reactive ketones (excluding diaryl/α,β-unsaturated/α-hetero) is 2. The van der Waals surface area contributed by atoms with Crippen molar-refractivity contribution in [3.8, 4) is 0 Å². The van der Waals surface area contributed by atoms with Crippen LogP contribution in [0.2, 0.25) is 5.02 Å². The Hall–Kier alpha value is -2.25. The van der Waals surface area contributed by atoms with Gasteiger partial charge in [-0.2, -0.15) is 5.10 Å². The maximum atomic E-state index is 13.2. The first-order chi connectivity index (χ1) is 12.4. The first-order valence-electron chi connectivity index (χ1n) is 8.25. The molecule has 0 saturated heterocycles. The van der Waals surface area contributed by atoms with Crippen LogP contribution in [0.25, 0.3) is 5.70 Å². The fraction of sp³-hybridized carbons (Fsp3) is 0.278. The van der Waals surface area contributed by atoms with Crippen molar-refractivity contribution in [2.75, 3.05) is 5.75 Å². The second-order valence-corrected chi connectivity index (χ2v) is 8.80. The smallest absolute Gasteiger partial charge is 0.199 e. The molecular weight excluding hydrogens is 376 g/mol. The minimum atomic E-state index is -3.59. The van der Waals surface area contributed by atoms with Crippen LogP contribution in [0.1, 0.15) is 35.2 Å². The highest BCUT2D eigenvalue weighted by atomic mass is 35.5. The van der Waals surface area contributed by atoms with Crippen LogP contribution >= 0.6 is 11.6 Å². The van der Waals surface area contributed by atoms with Crippen molar-refractivity contribution in [2.45, 2.75) is 30.6 Å². The number of fused-ring (bicyclic) bond motifs is 1. The van der Waals surface area contributed by atoms with Crippen LogP contribution in [-0.2, 0) is 21.1 Å². The fourth-order valence-corrected chi connectivity index (χ4v) is 5.65. The molecule has 0 amide bonds. The van der Waals surface area contributed by atoms with Gasteiger partial charge in [-0.3, -0.25) is 9.59 Å². The van der Waals surface area contributed by atoms with Gasteiger partial charge in [0.05, 0.1) is 21.9 Å². The molecule has 1 aliphatic heterocycles. The molecule has 1 aromatic heterocycles. The zero-order valence-electron chi connectivity index (χ0n) is 13.7. The molecule has 2 aromatic rings. The second kappa shape index (κ2) is 6.17. The largest absolute Gasteiger partial charge is 0.294 e. The summed E-state index contributed by atoms with van der Waals surface area (Å²) in [5.74, 6) is -0.935. The molecule has 8 heteroatoms. The van der Waals surface area contributed by atoms with E-state index in [9.17, 15) is 18.0 Å². The lowest BCUT2D eigenvalue weighted by atomic mass is 9.88. The molecule has 0 radical (unpaired) electrons. The van der Waals surface area contributed by atoms with E-state index in [1.165, 1.54) is 16.8 Å². The lowest BCUT2D eigenvalue weighted by Gasteiger charge is -2.19. The van der Waals surface area contributed by atoms with Gasteiger partial charge >= 0.3 is 0 Å². The molecule has 2 heterocycles. The molecule has 6 nitrogen and oxygen atoms in total. The molecule has 1 aliphatic carbocycles. The molecule has 0 saturated carbocycles. The Morgan fingerprint density at radius 2 is 2.00 bits per heavy atom. The van der Waals surface area contributed by atoms with Crippen molar-refractivity contribution >= 4 is 38.7 Å². The van der Waals surface area contributed by atoms with E-state index in [0.29, 0.717) is 29.1 Å². The molecule has 4 rings (SSSR count). The Morgan fingerprint density at radius 3 is 2.73 bits per heavy atom. The van der Waals surface area contributed by atoms with E-state index in [1.807, 2.05) is 0 Å². The van der Waals surface area contributed by atoms with Gasteiger partial charge in [0, 0.05) is 29.4 Å². The summed E-state index contributed by atoms with van der Waals surface area (Å²) in [4.78, 5) is 25.8. The molecule has 0 fully saturated rings. The number of benzene rings is 1. The number of halogens is 1. The van der Waals surface area contributed by atoms with Crippen LogP contribution in [0, 0.1) is 0 Å². The third-order valence-corrected chi connectivity index (χ3v) is 6.96.